The van der Waals surface area contributed by atoms with Crippen LogP contribution in [0.5, 0.6) is 0 Å². The van der Waals surface area contributed by atoms with E-state index in [-0.39, 0.29) is 54.9 Å². The summed E-state index contributed by atoms with van der Waals surface area (Å²) < 4.78 is 31.5. The van der Waals surface area contributed by atoms with Gasteiger partial charge >= 0.3 is 5.97 Å². The number of allylic oxidation sites excluding steroid dienone is 6. The zero-order chi connectivity index (χ0) is 49.7. The average Bonchev–Trinajstić information content (AvgIpc) is 3.88. The van der Waals surface area contributed by atoms with Crippen molar-refractivity contribution in [2.24, 2.45) is 29.6 Å². The fourth-order valence-corrected chi connectivity index (χ4v) is 10.4. The third kappa shape index (κ3) is 13.7. The number of carbonyl (C=O) groups excluding carboxylic acids is 5. The minimum atomic E-state index is -2.43. The summed E-state index contributed by atoms with van der Waals surface area (Å²) in [5, 5.41) is 35.1. The Morgan fingerprint density at radius 1 is 0.897 bits per heavy atom. The van der Waals surface area contributed by atoms with Crippen LogP contribution in [-0.4, -0.2) is 141 Å². The summed E-state index contributed by atoms with van der Waals surface area (Å²) >= 11 is 0. The van der Waals surface area contributed by atoms with Crippen molar-refractivity contribution in [3.05, 3.63) is 53.9 Å². The second kappa shape index (κ2) is 25.6. The van der Waals surface area contributed by atoms with Crippen molar-refractivity contribution < 1.29 is 57.9 Å². The van der Waals surface area contributed by atoms with Crippen molar-refractivity contribution in [1.29, 1.82) is 0 Å². The highest BCUT2D eigenvalue weighted by Gasteiger charge is 2.53. The quantitative estimate of drug-likeness (QED) is 0.188. The van der Waals surface area contributed by atoms with Crippen LogP contribution in [0.25, 0.3) is 0 Å². The summed E-state index contributed by atoms with van der Waals surface area (Å²) in [7, 11) is 4.61. The van der Waals surface area contributed by atoms with Crippen LogP contribution in [0.4, 0.5) is 0 Å². The number of nitrogens with zero attached hydrogens (tertiary/aromatic N) is 5. The number of fused-ring (bicyclic) bond motifs is 3. The summed E-state index contributed by atoms with van der Waals surface area (Å²) in [5.74, 6) is -7.89. The van der Waals surface area contributed by atoms with Gasteiger partial charge in [-0.1, -0.05) is 64.2 Å². The van der Waals surface area contributed by atoms with Crippen molar-refractivity contribution in [3.8, 4) is 0 Å². The lowest BCUT2D eigenvalue weighted by Gasteiger charge is -2.42. The van der Waals surface area contributed by atoms with Crippen molar-refractivity contribution >= 4 is 29.2 Å². The Balaban J connectivity index is 1.45. The number of piperidine rings is 1. The zero-order valence-corrected chi connectivity index (χ0v) is 41.7. The standard InChI is InChI=1S/C51H77N5O12/c1-31-17-13-11-10-12-14-18-32(2)45(58)47(66-9)46(59)35(5)25-33(3)41(57)29-43(34(4)26-37-21-23-39(44(27-37)65-8)56-30-52-53-54-56)67-50(62)40-19-15-16-24-55(40)49(61)48(60)51(63)36(6)20-22-38(68-51)28-42(31)64-7/h10-13,17,25,30,32-34,36-40,42-44,46-47,59,63H,14-16,18-24,26-29H2,1-9H3/b12-10+,13-11?,31-17?,35-25+/t32-,33-,34-,36-,37+,38+,39+,40+,42+,43+,44-,46-,47+,51-/m1/s1. The van der Waals surface area contributed by atoms with E-state index in [0.717, 1.165) is 18.4 Å². The number of aliphatic hydroxyl groups is 2. The Morgan fingerprint density at radius 2 is 1.66 bits per heavy atom. The fraction of sp³-hybridized carbons (Fsp3) is 0.725. The molecule has 2 saturated heterocycles. The first-order valence-electron chi connectivity index (χ1n) is 24.6. The van der Waals surface area contributed by atoms with Crippen molar-refractivity contribution in [3.63, 3.8) is 0 Å². The van der Waals surface area contributed by atoms with Gasteiger partial charge in [-0.3, -0.25) is 19.2 Å². The van der Waals surface area contributed by atoms with Gasteiger partial charge in [0.1, 0.15) is 36.5 Å². The molecule has 2 N–H and O–H groups in total. The Kier molecular flexibility index (Phi) is 20.5. The molecule has 0 aromatic carbocycles. The molecule has 4 heterocycles. The minimum absolute atomic E-state index is 0.0504. The van der Waals surface area contributed by atoms with E-state index in [0.29, 0.717) is 63.4 Å². The van der Waals surface area contributed by atoms with Crippen LogP contribution < -0.4 is 0 Å². The predicted molar refractivity (Wildman–Crippen MR) is 251 cm³/mol. The lowest BCUT2D eigenvalue weighted by molar-refractivity contribution is -0.265. The molecule has 0 spiro atoms. The smallest absolute Gasteiger partial charge is 0.329 e. The zero-order valence-electron chi connectivity index (χ0n) is 41.7. The van der Waals surface area contributed by atoms with Crippen LogP contribution in [0.15, 0.2) is 53.9 Å². The van der Waals surface area contributed by atoms with E-state index in [2.05, 4.69) is 15.5 Å². The number of esters is 1. The third-order valence-electron chi connectivity index (χ3n) is 14.9. The highest BCUT2D eigenvalue weighted by molar-refractivity contribution is 6.39. The number of aromatic nitrogens is 4. The van der Waals surface area contributed by atoms with Gasteiger partial charge in [-0.2, -0.15) is 0 Å². The molecule has 68 heavy (non-hydrogen) atoms. The summed E-state index contributed by atoms with van der Waals surface area (Å²) in [6, 6.07) is -1.19. The lowest BCUT2D eigenvalue weighted by atomic mass is 9.77. The molecule has 378 valence electrons. The van der Waals surface area contributed by atoms with Gasteiger partial charge in [-0.05, 0) is 118 Å². The Morgan fingerprint density at radius 3 is 2.35 bits per heavy atom. The molecule has 1 aromatic rings. The van der Waals surface area contributed by atoms with E-state index < -0.39 is 77.8 Å². The Labute approximate surface area is 402 Å². The molecular weight excluding hydrogens is 875 g/mol. The number of ether oxygens (including phenoxy) is 5. The van der Waals surface area contributed by atoms with E-state index >= 15 is 0 Å². The molecule has 14 atom stereocenters. The van der Waals surface area contributed by atoms with Crippen LogP contribution >= 0.6 is 0 Å². The monoisotopic (exact) mass is 952 g/mol. The summed E-state index contributed by atoms with van der Waals surface area (Å²) in [6.07, 6.45) is 14.5. The molecule has 3 aliphatic heterocycles. The third-order valence-corrected chi connectivity index (χ3v) is 14.9. The van der Waals surface area contributed by atoms with E-state index in [9.17, 15) is 34.2 Å². The van der Waals surface area contributed by atoms with Crippen LogP contribution in [0.1, 0.15) is 131 Å². The second-order valence-corrected chi connectivity index (χ2v) is 19.8. The number of Topliss-reactive ketones (excluding diaryl/α,β-unsaturated/α-hetero) is 3. The van der Waals surface area contributed by atoms with Gasteiger partial charge in [0.25, 0.3) is 11.7 Å². The highest BCUT2D eigenvalue weighted by Crippen LogP contribution is 2.39. The van der Waals surface area contributed by atoms with Gasteiger partial charge in [0.05, 0.1) is 24.4 Å². The molecule has 17 heteroatoms. The summed E-state index contributed by atoms with van der Waals surface area (Å²) in [4.78, 5) is 72.1. The molecule has 17 nitrogen and oxygen atoms in total. The van der Waals surface area contributed by atoms with E-state index in [4.69, 9.17) is 23.7 Å². The van der Waals surface area contributed by atoms with Crippen molar-refractivity contribution in [2.75, 3.05) is 27.9 Å². The van der Waals surface area contributed by atoms with Gasteiger partial charge < -0.3 is 38.8 Å². The van der Waals surface area contributed by atoms with Crippen molar-refractivity contribution in [1.82, 2.24) is 25.1 Å². The van der Waals surface area contributed by atoms with Gasteiger partial charge in [0, 0.05) is 58.5 Å². The Hall–Kier alpha value is -4.26. The maximum atomic E-state index is 14.5. The number of hydrogen-bond donors (Lipinski definition) is 2. The first kappa shape index (κ1) is 54.7. The molecule has 1 aliphatic carbocycles. The number of methoxy groups -OCH3 is 3. The molecule has 0 unspecified atom stereocenters. The maximum absolute atomic E-state index is 14.5. The molecule has 2 bridgehead atoms. The molecule has 1 saturated carbocycles. The van der Waals surface area contributed by atoms with Gasteiger partial charge in [-0.25, -0.2) is 9.48 Å². The number of rotatable bonds is 7. The summed E-state index contributed by atoms with van der Waals surface area (Å²) in [6.45, 7) is 10.8. The first-order chi connectivity index (χ1) is 32.4. The molecule has 3 fully saturated rings. The van der Waals surface area contributed by atoms with Crippen LogP contribution in [-0.2, 0) is 47.7 Å². The fourth-order valence-electron chi connectivity index (χ4n) is 10.4. The van der Waals surface area contributed by atoms with E-state index in [1.807, 2.05) is 51.2 Å². The molecule has 5 rings (SSSR count). The van der Waals surface area contributed by atoms with Gasteiger partial charge in [0.2, 0.25) is 5.79 Å². The number of hydrogen-bond acceptors (Lipinski definition) is 15. The lowest BCUT2D eigenvalue weighted by Crippen LogP contribution is -2.61. The largest absolute Gasteiger partial charge is 0.460 e. The first-order valence-corrected chi connectivity index (χ1v) is 24.6. The van der Waals surface area contributed by atoms with Gasteiger partial charge in [0.15, 0.2) is 5.78 Å². The van der Waals surface area contributed by atoms with Crippen LogP contribution in [0.2, 0.25) is 0 Å². The highest BCUT2D eigenvalue weighted by atomic mass is 16.6. The number of cyclic esters (lactones) is 1. The van der Waals surface area contributed by atoms with E-state index in [1.54, 1.807) is 52.1 Å². The number of carbonyl (C=O) groups is 5. The van der Waals surface area contributed by atoms with Crippen LogP contribution in [0.3, 0.4) is 0 Å². The average molecular weight is 952 g/mol. The van der Waals surface area contributed by atoms with Crippen molar-refractivity contribution in [2.45, 2.75) is 180 Å². The normalized spacial score (nSPS) is 36.8. The predicted octanol–water partition coefficient (Wildman–Crippen LogP) is 5.80. The number of tetrazole rings is 1. The van der Waals surface area contributed by atoms with Gasteiger partial charge in [-0.15, -0.1) is 5.10 Å². The maximum Gasteiger partial charge on any atom is 0.329 e. The number of amides is 1. The van der Waals surface area contributed by atoms with E-state index in [1.165, 1.54) is 12.0 Å². The topological polar surface area (TPSA) is 219 Å². The summed E-state index contributed by atoms with van der Waals surface area (Å²) in [5.41, 5.74) is 1.27. The number of aliphatic hydroxyl groups excluding tert-OH is 1. The molecule has 1 amide bonds. The molecule has 4 aliphatic rings. The minimum Gasteiger partial charge on any atom is -0.460 e. The molecular formula is C51H77N5O12. The second-order valence-electron chi connectivity index (χ2n) is 19.8. The molecule has 1 aromatic heterocycles. The number of ketones is 3. The Bertz CT molecular complexity index is 1990. The van der Waals surface area contributed by atoms with Crippen LogP contribution in [0, 0.1) is 29.6 Å². The molecule has 0 radical (unpaired) electrons. The SMILES string of the molecule is CO[C@H]1C[C@@H]2CC[C@@H](C)[C@@](O)(O2)C(=O)C(=O)N2CCCC[C@H]2C(=O)O[C@H]([C@H](C)C[C@@H]2CC[C@H](n3cnnn3)[C@H](OC)C2)CC(=O)[C@H](C)/C=C(\C)[C@@H](O)[C@@H](OC)C(=O)[C@H](C)CC/C=C/C=CC=C1C.